The fourth-order valence-corrected chi connectivity index (χ4v) is 2.08. The Hall–Kier alpha value is -1.59. The summed E-state index contributed by atoms with van der Waals surface area (Å²) in [6.07, 6.45) is 0.489. The van der Waals surface area contributed by atoms with Crippen molar-refractivity contribution >= 4 is 5.91 Å². The van der Waals surface area contributed by atoms with Gasteiger partial charge >= 0.3 is 0 Å². The molecular formula is C15H21NO4. The lowest BCUT2D eigenvalue weighted by Gasteiger charge is -2.32. The molecule has 1 aliphatic heterocycles. The lowest BCUT2D eigenvalue weighted by molar-refractivity contribution is -0.130. The van der Waals surface area contributed by atoms with Gasteiger partial charge in [0.05, 0.1) is 5.60 Å². The monoisotopic (exact) mass is 279 g/mol. The van der Waals surface area contributed by atoms with Crippen LogP contribution in [0.5, 0.6) is 5.75 Å². The third kappa shape index (κ3) is 4.21. The maximum Gasteiger partial charge on any atom is 0.260 e. The van der Waals surface area contributed by atoms with Crippen molar-refractivity contribution < 1.29 is 19.4 Å². The molecule has 1 unspecified atom stereocenters. The molecule has 1 heterocycles. The number of hydrogen-bond donors (Lipinski definition) is 2. The van der Waals surface area contributed by atoms with E-state index >= 15 is 0 Å². The second-order valence-corrected chi connectivity index (χ2v) is 5.13. The highest BCUT2D eigenvalue weighted by Crippen LogP contribution is 2.19. The lowest BCUT2D eigenvalue weighted by atomic mass is 9.94. The normalized spacial score (nSPS) is 19.1. The van der Waals surface area contributed by atoms with Crippen molar-refractivity contribution in [2.24, 2.45) is 0 Å². The molecule has 0 aliphatic carbocycles. The van der Waals surface area contributed by atoms with Crippen LogP contribution < -0.4 is 10.1 Å². The van der Waals surface area contributed by atoms with Crippen LogP contribution in [0.3, 0.4) is 0 Å². The molecule has 0 saturated carbocycles. The Morgan fingerprint density at radius 2 is 2.05 bits per heavy atom. The van der Waals surface area contributed by atoms with E-state index in [0.717, 1.165) is 0 Å². The van der Waals surface area contributed by atoms with E-state index in [1.807, 2.05) is 18.2 Å². The van der Waals surface area contributed by atoms with Crippen LogP contribution in [-0.4, -0.2) is 42.5 Å². The zero-order valence-electron chi connectivity index (χ0n) is 11.7. The Morgan fingerprint density at radius 1 is 1.40 bits per heavy atom. The molecule has 0 radical (unpaired) electrons. The van der Waals surface area contributed by atoms with Gasteiger partial charge in [-0.15, -0.1) is 0 Å². The smallest absolute Gasteiger partial charge is 0.260 e. The van der Waals surface area contributed by atoms with Crippen molar-refractivity contribution in [1.29, 1.82) is 0 Å². The van der Waals surface area contributed by atoms with E-state index in [1.54, 1.807) is 19.1 Å². The van der Waals surface area contributed by atoms with Gasteiger partial charge in [0.1, 0.15) is 5.75 Å². The van der Waals surface area contributed by atoms with E-state index in [9.17, 15) is 9.90 Å². The number of benzene rings is 1. The van der Waals surface area contributed by atoms with Gasteiger partial charge in [0.25, 0.3) is 5.91 Å². The number of aliphatic hydroxyl groups is 1. The van der Waals surface area contributed by atoms with Crippen LogP contribution in [0, 0.1) is 0 Å². The highest BCUT2D eigenvalue weighted by molar-refractivity contribution is 5.80. The molecule has 5 nitrogen and oxygen atoms in total. The molecule has 1 fully saturated rings. The molecule has 0 aromatic heterocycles. The van der Waals surface area contributed by atoms with Gasteiger partial charge in [0.15, 0.2) is 6.10 Å². The summed E-state index contributed by atoms with van der Waals surface area (Å²) in [7, 11) is 0. The summed E-state index contributed by atoms with van der Waals surface area (Å²) in [4.78, 5) is 12.0. The lowest BCUT2D eigenvalue weighted by Crippen LogP contribution is -2.49. The molecule has 0 bridgehead atoms. The number of rotatable bonds is 5. The highest BCUT2D eigenvalue weighted by Gasteiger charge is 2.30. The first-order valence-corrected chi connectivity index (χ1v) is 6.89. The predicted molar refractivity (Wildman–Crippen MR) is 74.5 cm³/mol. The minimum absolute atomic E-state index is 0.228. The van der Waals surface area contributed by atoms with Crippen LogP contribution in [0.25, 0.3) is 0 Å². The van der Waals surface area contributed by atoms with E-state index in [1.165, 1.54) is 0 Å². The molecule has 5 heteroatoms. The number of amides is 1. The number of para-hydroxylation sites is 1. The molecule has 1 atom stereocenters. The first kappa shape index (κ1) is 14.8. The van der Waals surface area contributed by atoms with Crippen molar-refractivity contribution in [3.63, 3.8) is 0 Å². The van der Waals surface area contributed by atoms with Crippen LogP contribution in [-0.2, 0) is 9.53 Å². The van der Waals surface area contributed by atoms with Crippen molar-refractivity contribution in [1.82, 2.24) is 5.32 Å². The molecule has 2 rings (SSSR count). The summed E-state index contributed by atoms with van der Waals surface area (Å²) in [6, 6.07) is 9.19. The largest absolute Gasteiger partial charge is 0.481 e. The molecule has 110 valence electrons. The third-order valence-corrected chi connectivity index (χ3v) is 3.44. The summed E-state index contributed by atoms with van der Waals surface area (Å²) in [5, 5.41) is 13.0. The van der Waals surface area contributed by atoms with E-state index in [0.29, 0.717) is 31.8 Å². The number of nitrogens with one attached hydrogen (secondary N) is 1. The summed E-state index contributed by atoms with van der Waals surface area (Å²) in [5.74, 6) is 0.425. The molecule has 20 heavy (non-hydrogen) atoms. The number of ether oxygens (including phenoxy) is 2. The topological polar surface area (TPSA) is 67.8 Å². The van der Waals surface area contributed by atoms with E-state index in [4.69, 9.17) is 9.47 Å². The maximum absolute atomic E-state index is 12.0. The van der Waals surface area contributed by atoms with Crippen LogP contribution in [0.4, 0.5) is 0 Å². The van der Waals surface area contributed by atoms with Gasteiger partial charge in [-0.2, -0.15) is 0 Å². The predicted octanol–water partition coefficient (Wildman–Crippen LogP) is 1.11. The minimum Gasteiger partial charge on any atom is -0.481 e. The average Bonchev–Trinajstić information content (AvgIpc) is 2.46. The van der Waals surface area contributed by atoms with E-state index in [2.05, 4.69) is 5.32 Å². The quantitative estimate of drug-likeness (QED) is 0.847. The molecule has 1 amide bonds. The molecule has 0 spiro atoms. The van der Waals surface area contributed by atoms with Gasteiger partial charge in [-0.1, -0.05) is 18.2 Å². The number of carbonyl (C=O) groups is 1. The van der Waals surface area contributed by atoms with E-state index in [-0.39, 0.29) is 12.5 Å². The van der Waals surface area contributed by atoms with Crippen molar-refractivity contribution in [2.45, 2.75) is 31.5 Å². The first-order chi connectivity index (χ1) is 9.59. The Labute approximate surface area is 118 Å². The summed E-state index contributed by atoms with van der Waals surface area (Å²) < 4.78 is 10.7. The average molecular weight is 279 g/mol. The first-order valence-electron chi connectivity index (χ1n) is 6.89. The third-order valence-electron chi connectivity index (χ3n) is 3.44. The molecule has 1 aliphatic rings. The maximum atomic E-state index is 12.0. The molecule has 1 aromatic carbocycles. The number of carbonyl (C=O) groups excluding carboxylic acids is 1. The van der Waals surface area contributed by atoms with Gasteiger partial charge in [-0.05, 0) is 19.1 Å². The summed E-state index contributed by atoms with van der Waals surface area (Å²) in [6.45, 7) is 2.99. The van der Waals surface area contributed by atoms with Gasteiger partial charge in [-0.25, -0.2) is 0 Å². The molecule has 1 saturated heterocycles. The van der Waals surface area contributed by atoms with Crippen LogP contribution >= 0.6 is 0 Å². The SMILES string of the molecule is CC(Oc1ccccc1)C(=O)NCC1(O)CCOCC1. The Bertz CT molecular complexity index is 429. The zero-order chi connectivity index (χ0) is 14.4. The van der Waals surface area contributed by atoms with Gasteiger partial charge in [-0.3, -0.25) is 4.79 Å². The zero-order valence-corrected chi connectivity index (χ0v) is 11.7. The second-order valence-electron chi connectivity index (χ2n) is 5.13. The Balaban J connectivity index is 1.79. The van der Waals surface area contributed by atoms with Gasteiger partial charge < -0.3 is 19.9 Å². The molecular weight excluding hydrogens is 258 g/mol. The van der Waals surface area contributed by atoms with Crippen molar-refractivity contribution in [3.8, 4) is 5.75 Å². The van der Waals surface area contributed by atoms with Crippen LogP contribution in [0.15, 0.2) is 30.3 Å². The number of hydrogen-bond acceptors (Lipinski definition) is 4. The minimum atomic E-state index is -0.861. The standard InChI is InChI=1S/C15H21NO4/c1-12(20-13-5-3-2-4-6-13)14(17)16-11-15(18)7-9-19-10-8-15/h2-6,12,18H,7-11H2,1H3,(H,16,17). The highest BCUT2D eigenvalue weighted by atomic mass is 16.5. The summed E-state index contributed by atoms with van der Waals surface area (Å²) >= 11 is 0. The van der Waals surface area contributed by atoms with Crippen LogP contribution in [0.2, 0.25) is 0 Å². The Kier molecular flexibility index (Phi) is 4.98. The second kappa shape index (κ2) is 6.72. The van der Waals surface area contributed by atoms with E-state index < -0.39 is 11.7 Å². The van der Waals surface area contributed by atoms with Crippen molar-refractivity contribution in [3.05, 3.63) is 30.3 Å². The fourth-order valence-electron chi connectivity index (χ4n) is 2.08. The van der Waals surface area contributed by atoms with Crippen molar-refractivity contribution in [2.75, 3.05) is 19.8 Å². The fraction of sp³-hybridized carbons (Fsp3) is 0.533. The van der Waals surface area contributed by atoms with Crippen LogP contribution in [0.1, 0.15) is 19.8 Å². The summed E-state index contributed by atoms with van der Waals surface area (Å²) in [5.41, 5.74) is -0.861. The van der Waals surface area contributed by atoms with Gasteiger partial charge in [0.2, 0.25) is 0 Å². The molecule has 2 N–H and O–H groups in total. The Morgan fingerprint density at radius 3 is 2.70 bits per heavy atom. The molecule has 1 aromatic rings. The van der Waals surface area contributed by atoms with Gasteiger partial charge in [0, 0.05) is 32.6 Å².